The maximum absolute atomic E-state index is 11.5. The molecule has 1 atom stereocenters. The smallest absolute Gasteiger partial charge is 0.233 e. The zero-order valence-electron chi connectivity index (χ0n) is 9.63. The summed E-state index contributed by atoms with van der Waals surface area (Å²) in [7, 11) is 0. The summed E-state index contributed by atoms with van der Waals surface area (Å²) in [6.07, 6.45) is 3.50. The molecule has 0 aromatic rings. The quantitative estimate of drug-likeness (QED) is 0.719. The number of halogens is 1. The van der Waals surface area contributed by atoms with Crippen LogP contribution in [0.5, 0.6) is 0 Å². The molecule has 1 amide bonds. The zero-order valence-corrected chi connectivity index (χ0v) is 11.2. The molecule has 15 heavy (non-hydrogen) atoms. The van der Waals surface area contributed by atoms with E-state index in [-0.39, 0.29) is 10.7 Å². The van der Waals surface area contributed by atoms with Gasteiger partial charge in [0.25, 0.3) is 0 Å². The summed E-state index contributed by atoms with van der Waals surface area (Å²) in [5.74, 6) is 0.115. The maximum atomic E-state index is 11.5. The van der Waals surface area contributed by atoms with Gasteiger partial charge in [-0.3, -0.25) is 9.69 Å². The molecular formula is C11H21BrN2O. The van der Waals surface area contributed by atoms with Crippen molar-refractivity contribution in [2.45, 2.75) is 44.0 Å². The first-order valence-corrected chi connectivity index (χ1v) is 6.76. The Balaban J connectivity index is 2.11. The molecule has 0 bridgehead atoms. The minimum Gasteiger partial charge on any atom is -0.354 e. The van der Waals surface area contributed by atoms with Crippen LogP contribution in [0.3, 0.4) is 0 Å². The lowest BCUT2D eigenvalue weighted by molar-refractivity contribution is -0.120. The predicted molar refractivity (Wildman–Crippen MR) is 66.3 cm³/mol. The number of hydrogen-bond acceptors (Lipinski definition) is 2. The molecule has 4 heteroatoms. The van der Waals surface area contributed by atoms with Gasteiger partial charge in [-0.1, -0.05) is 29.8 Å². The van der Waals surface area contributed by atoms with Crippen molar-refractivity contribution in [1.82, 2.24) is 10.2 Å². The molecule has 0 aromatic heterocycles. The van der Waals surface area contributed by atoms with Crippen LogP contribution in [0.15, 0.2) is 0 Å². The first kappa shape index (κ1) is 13.0. The Morgan fingerprint density at radius 2 is 2.20 bits per heavy atom. The number of likely N-dealkylation sites (N-methyl/N-ethyl adjacent to an activating group) is 1. The maximum Gasteiger partial charge on any atom is 0.233 e. The van der Waals surface area contributed by atoms with E-state index in [1.165, 1.54) is 12.8 Å². The van der Waals surface area contributed by atoms with E-state index in [4.69, 9.17) is 0 Å². The highest BCUT2D eigenvalue weighted by Gasteiger charge is 2.27. The molecule has 0 saturated heterocycles. The van der Waals surface area contributed by atoms with E-state index in [1.54, 1.807) is 0 Å². The average Bonchev–Trinajstić information content (AvgIpc) is 3.06. The van der Waals surface area contributed by atoms with E-state index < -0.39 is 0 Å². The second kappa shape index (κ2) is 6.48. The molecule has 0 aliphatic heterocycles. The Morgan fingerprint density at radius 3 is 2.67 bits per heavy atom. The van der Waals surface area contributed by atoms with Crippen molar-refractivity contribution in [3.8, 4) is 0 Å². The fourth-order valence-corrected chi connectivity index (χ4v) is 1.82. The van der Waals surface area contributed by atoms with E-state index >= 15 is 0 Å². The van der Waals surface area contributed by atoms with Crippen molar-refractivity contribution in [3.63, 3.8) is 0 Å². The number of alkyl halides is 1. The summed E-state index contributed by atoms with van der Waals surface area (Å²) in [4.78, 5) is 13.9. The average molecular weight is 277 g/mol. The number of carbonyl (C=O) groups excluding carboxylic acids is 1. The van der Waals surface area contributed by atoms with Gasteiger partial charge in [0, 0.05) is 19.1 Å². The minimum atomic E-state index is -0.0338. The van der Waals surface area contributed by atoms with Crippen LogP contribution in [-0.2, 0) is 4.79 Å². The third-order valence-electron chi connectivity index (χ3n) is 2.81. The summed E-state index contributed by atoms with van der Waals surface area (Å²) < 4.78 is 0. The Bertz CT molecular complexity index is 207. The van der Waals surface area contributed by atoms with Crippen LogP contribution in [-0.4, -0.2) is 41.3 Å². The molecule has 1 aliphatic rings. The molecule has 1 unspecified atom stereocenters. The lowest BCUT2D eigenvalue weighted by atomic mass is 10.3. The molecule has 1 aliphatic carbocycles. The van der Waals surface area contributed by atoms with Gasteiger partial charge in [-0.2, -0.15) is 0 Å². The topological polar surface area (TPSA) is 32.3 Å². The zero-order chi connectivity index (χ0) is 11.3. The molecule has 1 rings (SSSR count). The Kier molecular flexibility index (Phi) is 5.61. The summed E-state index contributed by atoms with van der Waals surface area (Å²) in [5, 5.41) is 2.95. The van der Waals surface area contributed by atoms with Crippen molar-refractivity contribution in [2.24, 2.45) is 0 Å². The molecule has 1 N–H and O–H groups in total. The third-order valence-corrected chi connectivity index (χ3v) is 3.87. The molecule has 0 spiro atoms. The summed E-state index contributed by atoms with van der Waals surface area (Å²) in [6.45, 7) is 7.02. The van der Waals surface area contributed by atoms with Crippen LogP contribution < -0.4 is 5.32 Å². The lowest BCUT2D eigenvalue weighted by Gasteiger charge is -2.20. The summed E-state index contributed by atoms with van der Waals surface area (Å²) in [5.41, 5.74) is 0. The highest BCUT2D eigenvalue weighted by atomic mass is 79.9. The molecule has 1 fully saturated rings. The van der Waals surface area contributed by atoms with Gasteiger partial charge >= 0.3 is 0 Å². The first-order valence-electron chi connectivity index (χ1n) is 5.84. The SMILES string of the molecule is CCC(Br)C(=O)NCCN(CC)C1CC1. The van der Waals surface area contributed by atoms with Gasteiger partial charge in [-0.15, -0.1) is 0 Å². The van der Waals surface area contributed by atoms with Gasteiger partial charge in [-0.25, -0.2) is 0 Å². The van der Waals surface area contributed by atoms with Gasteiger partial charge in [0.05, 0.1) is 4.83 Å². The number of nitrogens with zero attached hydrogens (tertiary/aromatic N) is 1. The highest BCUT2D eigenvalue weighted by Crippen LogP contribution is 2.25. The number of carbonyl (C=O) groups is 1. The highest BCUT2D eigenvalue weighted by molar-refractivity contribution is 9.10. The fraction of sp³-hybridized carbons (Fsp3) is 0.909. The van der Waals surface area contributed by atoms with Gasteiger partial charge in [0.2, 0.25) is 5.91 Å². The molecule has 0 aromatic carbocycles. The van der Waals surface area contributed by atoms with Crippen molar-refractivity contribution in [2.75, 3.05) is 19.6 Å². The lowest BCUT2D eigenvalue weighted by Crippen LogP contribution is -2.38. The molecule has 88 valence electrons. The summed E-state index contributed by atoms with van der Waals surface area (Å²) >= 11 is 3.34. The van der Waals surface area contributed by atoms with Gasteiger partial charge in [0.15, 0.2) is 0 Å². The Morgan fingerprint density at radius 1 is 1.53 bits per heavy atom. The molecule has 0 heterocycles. The molecular weight excluding hydrogens is 256 g/mol. The van der Waals surface area contributed by atoms with Crippen LogP contribution >= 0.6 is 15.9 Å². The van der Waals surface area contributed by atoms with Gasteiger partial charge < -0.3 is 5.32 Å². The van der Waals surface area contributed by atoms with Crippen LogP contribution in [0.25, 0.3) is 0 Å². The van der Waals surface area contributed by atoms with E-state index in [9.17, 15) is 4.79 Å². The normalized spacial score (nSPS) is 17.9. The van der Waals surface area contributed by atoms with Crippen LogP contribution in [0.4, 0.5) is 0 Å². The van der Waals surface area contributed by atoms with E-state index in [0.717, 1.165) is 32.1 Å². The van der Waals surface area contributed by atoms with Gasteiger partial charge in [-0.05, 0) is 25.8 Å². The van der Waals surface area contributed by atoms with Crippen molar-refractivity contribution < 1.29 is 4.79 Å². The third kappa shape index (κ3) is 4.51. The van der Waals surface area contributed by atoms with Gasteiger partial charge in [0.1, 0.15) is 0 Å². The summed E-state index contributed by atoms with van der Waals surface area (Å²) in [6, 6.07) is 0.790. The number of amides is 1. The second-order valence-corrected chi connectivity index (χ2v) is 5.13. The van der Waals surface area contributed by atoms with E-state index in [2.05, 4.69) is 33.1 Å². The van der Waals surface area contributed by atoms with E-state index in [1.807, 2.05) is 6.92 Å². The fourth-order valence-electron chi connectivity index (χ4n) is 1.66. The van der Waals surface area contributed by atoms with Crippen LogP contribution in [0, 0.1) is 0 Å². The Hall–Kier alpha value is -0.0900. The van der Waals surface area contributed by atoms with Crippen LogP contribution in [0.1, 0.15) is 33.1 Å². The monoisotopic (exact) mass is 276 g/mol. The van der Waals surface area contributed by atoms with Crippen LogP contribution in [0.2, 0.25) is 0 Å². The second-order valence-electron chi connectivity index (χ2n) is 4.03. The van der Waals surface area contributed by atoms with E-state index in [0.29, 0.717) is 0 Å². The number of nitrogens with one attached hydrogen (secondary N) is 1. The van der Waals surface area contributed by atoms with Crippen molar-refractivity contribution in [1.29, 1.82) is 0 Å². The minimum absolute atomic E-state index is 0.0338. The number of hydrogen-bond donors (Lipinski definition) is 1. The first-order chi connectivity index (χ1) is 7.19. The molecule has 3 nitrogen and oxygen atoms in total. The van der Waals surface area contributed by atoms with Crippen molar-refractivity contribution in [3.05, 3.63) is 0 Å². The van der Waals surface area contributed by atoms with Crippen molar-refractivity contribution >= 4 is 21.8 Å². The predicted octanol–water partition coefficient (Wildman–Crippen LogP) is 1.76. The number of rotatable bonds is 7. The molecule has 1 saturated carbocycles. The largest absolute Gasteiger partial charge is 0.354 e. The Labute approximate surface area is 101 Å². The standard InChI is InChI=1S/C11H21BrN2O/c1-3-10(12)11(15)13-7-8-14(4-2)9-5-6-9/h9-10H,3-8H2,1-2H3,(H,13,15). The molecule has 0 radical (unpaired) electrons.